The molecule has 0 fully saturated rings. The molecule has 5 nitrogen and oxygen atoms in total. The van der Waals surface area contributed by atoms with Gasteiger partial charge in [-0.25, -0.2) is 4.98 Å². The number of amides is 1. The van der Waals surface area contributed by atoms with Crippen molar-refractivity contribution in [3.8, 4) is 5.69 Å². The quantitative estimate of drug-likeness (QED) is 0.462. The third kappa shape index (κ3) is 3.80. The van der Waals surface area contributed by atoms with Crippen molar-refractivity contribution >= 4 is 39.2 Å². The van der Waals surface area contributed by atoms with Gasteiger partial charge < -0.3 is 4.90 Å². The molecule has 0 unspecified atom stereocenters. The predicted octanol–water partition coefficient (Wildman–Crippen LogP) is 4.02. The lowest BCUT2D eigenvalue weighted by molar-refractivity contribution is -0.127. The van der Waals surface area contributed by atoms with E-state index in [2.05, 4.69) is 0 Å². The Morgan fingerprint density at radius 1 is 1.19 bits per heavy atom. The number of carbonyl (C=O) groups excluding carboxylic acids is 1. The third-order valence-corrected chi connectivity index (χ3v) is 6.65. The number of hydrogen-bond donors (Lipinski definition) is 0. The van der Waals surface area contributed by atoms with Crippen molar-refractivity contribution in [2.24, 2.45) is 0 Å². The lowest BCUT2D eigenvalue weighted by Crippen LogP contribution is -2.32. The highest BCUT2D eigenvalue weighted by molar-refractivity contribution is 7.99. The molecule has 2 heterocycles. The number of thiophene rings is 1. The second-order valence-electron chi connectivity index (χ2n) is 6.19. The molecule has 0 aliphatic heterocycles. The van der Waals surface area contributed by atoms with Crippen LogP contribution in [0.1, 0.15) is 24.3 Å². The van der Waals surface area contributed by atoms with Crippen LogP contribution >= 0.6 is 23.1 Å². The second kappa shape index (κ2) is 8.27. The predicted molar refractivity (Wildman–Crippen MR) is 113 cm³/mol. The zero-order chi connectivity index (χ0) is 19.6. The Balaban J connectivity index is 2.10. The van der Waals surface area contributed by atoms with Crippen LogP contribution in [0.5, 0.6) is 0 Å². The molecule has 142 valence electrons. The molecule has 2 aromatic heterocycles. The van der Waals surface area contributed by atoms with Crippen molar-refractivity contribution in [3.63, 3.8) is 0 Å². The summed E-state index contributed by atoms with van der Waals surface area (Å²) in [5.74, 6) is 0.313. The zero-order valence-electron chi connectivity index (χ0n) is 16.0. The Bertz CT molecular complexity index is 1020. The number of para-hydroxylation sites is 1. The van der Waals surface area contributed by atoms with Gasteiger partial charge in [0.1, 0.15) is 4.83 Å². The molecule has 0 bridgehead atoms. The van der Waals surface area contributed by atoms with E-state index in [4.69, 9.17) is 4.98 Å². The summed E-state index contributed by atoms with van der Waals surface area (Å²) in [6, 6.07) is 9.48. The summed E-state index contributed by atoms with van der Waals surface area (Å²) in [5.41, 5.74) is 1.66. The van der Waals surface area contributed by atoms with Crippen LogP contribution in [0.4, 0.5) is 0 Å². The molecule has 0 saturated carbocycles. The van der Waals surface area contributed by atoms with Gasteiger partial charge in [-0.2, -0.15) is 0 Å². The molecule has 0 aliphatic rings. The van der Waals surface area contributed by atoms with E-state index in [0.29, 0.717) is 23.6 Å². The molecule has 0 radical (unpaired) electrons. The second-order valence-corrected chi connectivity index (χ2v) is 8.33. The van der Waals surface area contributed by atoms with E-state index in [1.807, 2.05) is 58.0 Å². The highest BCUT2D eigenvalue weighted by Crippen LogP contribution is 2.29. The third-order valence-electron chi connectivity index (χ3n) is 4.63. The lowest BCUT2D eigenvalue weighted by Gasteiger charge is -2.18. The molecule has 0 saturated heterocycles. The van der Waals surface area contributed by atoms with E-state index < -0.39 is 0 Å². The van der Waals surface area contributed by atoms with E-state index in [0.717, 1.165) is 21.0 Å². The largest absolute Gasteiger partial charge is 0.343 e. The Morgan fingerprint density at radius 3 is 2.48 bits per heavy atom. The summed E-state index contributed by atoms with van der Waals surface area (Å²) in [7, 11) is 0. The number of carbonyl (C=O) groups is 1. The molecule has 0 spiro atoms. The average Bonchev–Trinajstić information content (AvgIpc) is 2.96. The fourth-order valence-corrected chi connectivity index (χ4v) is 4.96. The van der Waals surface area contributed by atoms with E-state index in [-0.39, 0.29) is 17.2 Å². The summed E-state index contributed by atoms with van der Waals surface area (Å²) in [5, 5.41) is 1.22. The maximum absolute atomic E-state index is 13.3. The molecule has 3 rings (SSSR count). The van der Waals surface area contributed by atoms with E-state index in [1.54, 1.807) is 9.47 Å². The van der Waals surface area contributed by atoms with Crippen molar-refractivity contribution in [2.75, 3.05) is 18.8 Å². The van der Waals surface area contributed by atoms with E-state index >= 15 is 0 Å². The van der Waals surface area contributed by atoms with Gasteiger partial charge in [0.25, 0.3) is 5.56 Å². The number of nitrogens with zero attached hydrogens (tertiary/aromatic N) is 3. The SMILES string of the molecule is CCN(CC)C(=O)CSc1nc2sc(C)c(C)c2c(=O)n1-c1ccccc1. The van der Waals surface area contributed by atoms with Crippen LogP contribution in [0.15, 0.2) is 40.3 Å². The topological polar surface area (TPSA) is 55.2 Å². The van der Waals surface area contributed by atoms with Crippen LogP contribution in [-0.2, 0) is 4.79 Å². The minimum Gasteiger partial charge on any atom is -0.343 e. The van der Waals surface area contributed by atoms with Crippen LogP contribution in [0, 0.1) is 13.8 Å². The first-order chi connectivity index (χ1) is 13.0. The first-order valence-corrected chi connectivity index (χ1v) is 10.8. The van der Waals surface area contributed by atoms with E-state index in [1.165, 1.54) is 23.1 Å². The minimum atomic E-state index is -0.0779. The van der Waals surface area contributed by atoms with Crippen molar-refractivity contribution in [3.05, 3.63) is 51.1 Å². The van der Waals surface area contributed by atoms with Gasteiger partial charge in [-0.3, -0.25) is 14.2 Å². The smallest absolute Gasteiger partial charge is 0.267 e. The Labute approximate surface area is 167 Å². The van der Waals surface area contributed by atoms with Gasteiger partial charge in [0, 0.05) is 18.0 Å². The van der Waals surface area contributed by atoms with Crippen LogP contribution < -0.4 is 5.56 Å². The van der Waals surface area contributed by atoms with Crippen molar-refractivity contribution < 1.29 is 4.79 Å². The Morgan fingerprint density at radius 2 is 1.85 bits per heavy atom. The van der Waals surface area contributed by atoms with Gasteiger partial charge in [-0.1, -0.05) is 30.0 Å². The number of fused-ring (bicyclic) bond motifs is 1. The van der Waals surface area contributed by atoms with Crippen LogP contribution in [0.2, 0.25) is 0 Å². The van der Waals surface area contributed by atoms with E-state index in [9.17, 15) is 9.59 Å². The van der Waals surface area contributed by atoms with Crippen LogP contribution in [0.25, 0.3) is 15.9 Å². The summed E-state index contributed by atoms with van der Waals surface area (Å²) in [4.78, 5) is 34.1. The van der Waals surface area contributed by atoms with Gasteiger partial charge in [-0.15, -0.1) is 11.3 Å². The normalized spacial score (nSPS) is 11.1. The highest BCUT2D eigenvalue weighted by Gasteiger charge is 2.19. The maximum atomic E-state index is 13.3. The van der Waals surface area contributed by atoms with Crippen molar-refractivity contribution in [1.82, 2.24) is 14.5 Å². The number of thioether (sulfide) groups is 1. The zero-order valence-corrected chi connectivity index (χ0v) is 17.6. The first-order valence-electron chi connectivity index (χ1n) is 8.96. The van der Waals surface area contributed by atoms with Crippen molar-refractivity contribution in [2.45, 2.75) is 32.9 Å². The molecule has 27 heavy (non-hydrogen) atoms. The molecule has 7 heteroatoms. The summed E-state index contributed by atoms with van der Waals surface area (Å²) >= 11 is 2.85. The standard InChI is InChI=1S/C20H23N3O2S2/c1-5-22(6-2)16(24)12-26-20-21-18-17(13(3)14(4)27-18)19(25)23(20)15-10-8-7-9-11-15/h7-11H,5-6,12H2,1-4H3. The molecule has 3 aromatic rings. The van der Waals surface area contributed by atoms with Crippen LogP contribution in [0.3, 0.4) is 0 Å². The average molecular weight is 402 g/mol. The van der Waals surface area contributed by atoms with Crippen LogP contribution in [-0.4, -0.2) is 39.2 Å². The maximum Gasteiger partial charge on any atom is 0.267 e. The monoisotopic (exact) mass is 401 g/mol. The number of rotatable bonds is 6. The molecule has 1 aromatic carbocycles. The number of benzene rings is 1. The molecule has 0 N–H and O–H groups in total. The molecular formula is C20H23N3O2S2. The molecule has 0 atom stereocenters. The number of hydrogen-bond acceptors (Lipinski definition) is 5. The molecule has 1 amide bonds. The molecule has 0 aliphatic carbocycles. The fraction of sp³-hybridized carbons (Fsp3) is 0.350. The van der Waals surface area contributed by atoms with Crippen molar-refractivity contribution in [1.29, 1.82) is 0 Å². The molecular weight excluding hydrogens is 378 g/mol. The minimum absolute atomic E-state index is 0.0532. The fourth-order valence-electron chi connectivity index (χ4n) is 2.97. The van der Waals surface area contributed by atoms with Gasteiger partial charge in [0.2, 0.25) is 5.91 Å². The first kappa shape index (κ1) is 19.6. The van der Waals surface area contributed by atoms with Gasteiger partial charge >= 0.3 is 0 Å². The number of aromatic nitrogens is 2. The Hall–Kier alpha value is -2.12. The van der Waals surface area contributed by atoms with Gasteiger partial charge in [-0.05, 0) is 45.4 Å². The lowest BCUT2D eigenvalue weighted by atomic mass is 10.2. The van der Waals surface area contributed by atoms with Gasteiger partial charge in [0.15, 0.2) is 5.16 Å². The Kier molecular flexibility index (Phi) is 6.01. The highest BCUT2D eigenvalue weighted by atomic mass is 32.2. The van der Waals surface area contributed by atoms with Gasteiger partial charge in [0.05, 0.1) is 16.8 Å². The summed E-state index contributed by atoms with van der Waals surface area (Å²) in [6.45, 7) is 9.25. The summed E-state index contributed by atoms with van der Waals surface area (Å²) < 4.78 is 1.63. The number of aryl methyl sites for hydroxylation is 2. The summed E-state index contributed by atoms with van der Waals surface area (Å²) in [6.07, 6.45) is 0.